The molecule has 0 bridgehead atoms. The van der Waals surface area contributed by atoms with Crippen LogP contribution in [0.1, 0.15) is 37.9 Å². The predicted octanol–water partition coefficient (Wildman–Crippen LogP) is 1.15. The minimum Gasteiger partial charge on any atom is -0.398 e. The highest BCUT2D eigenvalue weighted by atomic mass is 16.2. The lowest BCUT2D eigenvalue weighted by Gasteiger charge is -2.24. The molecule has 2 aromatic rings. The molecule has 0 radical (unpaired) electrons. The normalized spacial score (nSPS) is 28.5. The van der Waals surface area contributed by atoms with Crippen LogP contribution in [0.15, 0.2) is 23.0 Å². The summed E-state index contributed by atoms with van der Waals surface area (Å²) in [7, 11) is 0. The fourth-order valence-electron chi connectivity index (χ4n) is 2.32. The Bertz CT molecular complexity index is 1000. The zero-order valence-corrected chi connectivity index (χ0v) is 10.9. The van der Waals surface area contributed by atoms with Crippen molar-refractivity contribution in [2.75, 3.05) is 5.73 Å². The Hall–Kier alpha value is -2.50. The Morgan fingerprint density at radius 2 is 2.33 bits per heavy atom. The number of hydrogen-bond acceptors (Lipinski definition) is 5. The molecule has 6 heteroatoms. The van der Waals surface area contributed by atoms with E-state index >= 15 is 0 Å². The monoisotopic (exact) mass is 290 g/mol. The number of hydrogen-bond donors (Lipinski definition) is 1. The van der Waals surface area contributed by atoms with Crippen LogP contribution < -0.4 is 11.3 Å². The molecule has 1 aliphatic carbocycles. The van der Waals surface area contributed by atoms with E-state index in [-0.39, 0.29) is 28.5 Å². The number of nitrogens with two attached hydrogens (primary N) is 1. The fraction of sp³-hybridized carbons (Fsp3) is 0.333. The first-order valence-electron chi connectivity index (χ1n) is 8.96. The standard InChI is InChI=1S/C15H15N3O3/c1-8-17-11-4-2-3-10(16)14(11)15(21)18(8)12-6-5-9(19)7-13(12)20/h2-4,12H,5-7,16H2,1H3/i1D,3D,5D,6D2. The van der Waals surface area contributed by atoms with Gasteiger partial charge in [-0.05, 0) is 25.4 Å². The largest absolute Gasteiger partial charge is 0.398 e. The molecule has 1 aromatic carbocycles. The minimum absolute atomic E-state index is 0.129. The molecule has 2 N–H and O–H groups in total. The van der Waals surface area contributed by atoms with Crippen LogP contribution in [0.25, 0.3) is 10.9 Å². The number of nitrogen functional groups attached to an aromatic ring is 1. The maximum Gasteiger partial charge on any atom is 0.264 e. The minimum atomic E-state index is -2.65. The first-order chi connectivity index (χ1) is 12.1. The zero-order valence-electron chi connectivity index (χ0n) is 15.9. The Labute approximate surface area is 127 Å². The molecule has 21 heavy (non-hydrogen) atoms. The highest BCUT2D eigenvalue weighted by Gasteiger charge is 2.30. The van der Waals surface area contributed by atoms with Gasteiger partial charge < -0.3 is 5.73 Å². The molecule has 108 valence electrons. The molecular formula is C15H15N3O3. The molecule has 3 rings (SSSR count). The van der Waals surface area contributed by atoms with Crippen molar-refractivity contribution in [1.82, 2.24) is 9.55 Å². The third-order valence-corrected chi connectivity index (χ3v) is 3.28. The number of aromatic nitrogens is 2. The maximum absolute atomic E-state index is 13.0. The molecule has 1 saturated carbocycles. The highest BCUT2D eigenvalue weighted by molar-refractivity contribution is 6.03. The lowest BCUT2D eigenvalue weighted by Crippen LogP contribution is -2.36. The summed E-state index contributed by atoms with van der Waals surface area (Å²) in [5, 5.41) is -0.156. The molecule has 6 nitrogen and oxygen atoms in total. The summed E-state index contributed by atoms with van der Waals surface area (Å²) in [6.07, 6.45) is -5.16. The summed E-state index contributed by atoms with van der Waals surface area (Å²) in [5.74, 6) is -1.90. The van der Waals surface area contributed by atoms with E-state index in [9.17, 15) is 14.4 Å². The summed E-state index contributed by atoms with van der Waals surface area (Å²) in [6.45, 7) is -0.524. The van der Waals surface area contributed by atoms with Crippen molar-refractivity contribution in [1.29, 1.82) is 0 Å². The lowest BCUT2D eigenvalue weighted by atomic mass is 9.92. The number of Topliss-reactive ketones (excluding diaryl/α,β-unsaturated/α-hetero) is 2. The highest BCUT2D eigenvalue weighted by Crippen LogP contribution is 2.24. The van der Waals surface area contributed by atoms with Gasteiger partial charge in [-0.15, -0.1) is 0 Å². The molecule has 1 heterocycles. The molecule has 0 aliphatic heterocycles. The van der Waals surface area contributed by atoms with Gasteiger partial charge in [0.15, 0.2) is 5.78 Å². The molecule has 2 atom stereocenters. The van der Waals surface area contributed by atoms with E-state index in [1.165, 1.54) is 12.1 Å². The number of carbonyl (C=O) groups is 2. The molecule has 2 unspecified atom stereocenters. The Kier molecular flexibility index (Phi) is 1.99. The number of benzene rings is 1. The van der Waals surface area contributed by atoms with E-state index in [2.05, 4.69) is 4.98 Å². The molecule has 0 spiro atoms. The summed E-state index contributed by atoms with van der Waals surface area (Å²) in [5.41, 5.74) is 4.89. The van der Waals surface area contributed by atoms with Gasteiger partial charge in [-0.2, -0.15) is 0 Å². The van der Waals surface area contributed by atoms with Crippen molar-refractivity contribution in [2.24, 2.45) is 0 Å². The van der Waals surface area contributed by atoms with E-state index in [0.717, 1.165) is 4.57 Å². The van der Waals surface area contributed by atoms with Crippen molar-refractivity contribution in [3.8, 4) is 0 Å². The van der Waals surface area contributed by atoms with E-state index in [1.54, 1.807) is 0 Å². The van der Waals surface area contributed by atoms with E-state index < -0.39 is 49.3 Å². The molecule has 1 aliphatic rings. The van der Waals surface area contributed by atoms with Crippen LogP contribution in [0.2, 0.25) is 0 Å². The fourth-order valence-corrected chi connectivity index (χ4v) is 2.32. The Morgan fingerprint density at radius 3 is 3.10 bits per heavy atom. The van der Waals surface area contributed by atoms with Crippen LogP contribution in [0, 0.1) is 6.90 Å². The van der Waals surface area contributed by atoms with Gasteiger partial charge in [-0.1, -0.05) is 6.07 Å². The van der Waals surface area contributed by atoms with E-state index in [4.69, 9.17) is 12.6 Å². The van der Waals surface area contributed by atoms with Crippen LogP contribution in [-0.2, 0) is 9.59 Å². The molecular weight excluding hydrogens is 270 g/mol. The van der Waals surface area contributed by atoms with Crippen LogP contribution in [0.4, 0.5) is 5.69 Å². The second-order valence-electron chi connectivity index (χ2n) is 4.68. The van der Waals surface area contributed by atoms with Gasteiger partial charge >= 0.3 is 0 Å². The number of fused-ring (bicyclic) bond motifs is 1. The smallest absolute Gasteiger partial charge is 0.264 e. The van der Waals surface area contributed by atoms with Crippen molar-refractivity contribution >= 4 is 28.2 Å². The quantitative estimate of drug-likeness (QED) is 0.628. The van der Waals surface area contributed by atoms with Crippen LogP contribution >= 0.6 is 0 Å². The first kappa shape index (κ1) is 8.71. The topological polar surface area (TPSA) is 95.0 Å². The van der Waals surface area contributed by atoms with Crippen molar-refractivity contribution in [2.45, 2.75) is 32.1 Å². The van der Waals surface area contributed by atoms with Crippen LogP contribution in [-0.4, -0.2) is 21.1 Å². The van der Waals surface area contributed by atoms with Gasteiger partial charge in [-0.3, -0.25) is 19.0 Å². The molecule has 0 amide bonds. The third-order valence-electron chi connectivity index (χ3n) is 3.28. The molecule has 1 aromatic heterocycles. The summed E-state index contributed by atoms with van der Waals surface area (Å²) in [4.78, 5) is 41.3. The SMILES string of the molecule is [2H]Cc1nc2ccc([2H])c(N)c2c(=O)n1C1C(=O)CC(=O)C([2H])C1([2H])[2H]. The zero-order chi connectivity index (χ0) is 19.4. The number of carbonyl (C=O) groups excluding carboxylic acids is 2. The van der Waals surface area contributed by atoms with Gasteiger partial charge in [-0.25, -0.2) is 4.98 Å². The van der Waals surface area contributed by atoms with E-state index in [0.29, 0.717) is 0 Å². The van der Waals surface area contributed by atoms with Crippen molar-refractivity contribution < 1.29 is 16.4 Å². The van der Waals surface area contributed by atoms with Crippen LogP contribution in [0.3, 0.4) is 0 Å². The third kappa shape index (κ3) is 2.12. The second-order valence-corrected chi connectivity index (χ2v) is 4.68. The summed E-state index contributed by atoms with van der Waals surface area (Å²) >= 11 is 0. The number of anilines is 1. The second kappa shape index (κ2) is 4.80. The average Bonchev–Trinajstić information content (AvgIpc) is 2.57. The van der Waals surface area contributed by atoms with Crippen LogP contribution in [0.5, 0.6) is 0 Å². The van der Waals surface area contributed by atoms with Gasteiger partial charge in [0.1, 0.15) is 11.6 Å². The average molecular weight is 290 g/mol. The van der Waals surface area contributed by atoms with Crippen molar-refractivity contribution in [3.05, 3.63) is 34.4 Å². The molecule has 0 saturated heterocycles. The van der Waals surface area contributed by atoms with Gasteiger partial charge in [0, 0.05) is 17.6 Å². The van der Waals surface area contributed by atoms with Gasteiger partial charge in [0.25, 0.3) is 5.56 Å². The Balaban J connectivity index is 2.39. The Morgan fingerprint density at radius 1 is 1.52 bits per heavy atom. The number of nitrogens with zero attached hydrogens (tertiary/aromatic N) is 2. The van der Waals surface area contributed by atoms with E-state index in [1.807, 2.05) is 0 Å². The first-order valence-corrected chi connectivity index (χ1v) is 6.18. The predicted molar refractivity (Wildman–Crippen MR) is 78.1 cm³/mol. The number of aryl methyl sites for hydroxylation is 1. The molecule has 1 fully saturated rings. The summed E-state index contributed by atoms with van der Waals surface area (Å²) in [6, 6.07) is 0.827. The van der Waals surface area contributed by atoms with Gasteiger partial charge in [0.2, 0.25) is 0 Å². The van der Waals surface area contributed by atoms with Crippen molar-refractivity contribution in [3.63, 3.8) is 0 Å². The maximum atomic E-state index is 13.0. The number of rotatable bonds is 1. The van der Waals surface area contributed by atoms with Gasteiger partial charge in [0.05, 0.1) is 24.7 Å². The summed E-state index contributed by atoms with van der Waals surface area (Å²) < 4.78 is 40.0. The lowest BCUT2D eigenvalue weighted by molar-refractivity contribution is -0.132. The number of ketones is 2.